The van der Waals surface area contributed by atoms with E-state index in [1.807, 2.05) is 42.5 Å². The summed E-state index contributed by atoms with van der Waals surface area (Å²) in [6.45, 7) is 4.04. The minimum Gasteiger partial charge on any atom is -0.495 e. The molecule has 1 saturated heterocycles. The van der Waals surface area contributed by atoms with Crippen molar-refractivity contribution in [3.63, 3.8) is 0 Å². The van der Waals surface area contributed by atoms with Crippen LogP contribution in [0.1, 0.15) is 18.4 Å². The first-order valence-corrected chi connectivity index (χ1v) is 11.6. The minimum atomic E-state index is -0.314. The van der Waals surface area contributed by atoms with E-state index in [-0.39, 0.29) is 5.41 Å². The fourth-order valence-corrected chi connectivity index (χ4v) is 4.31. The van der Waals surface area contributed by atoms with Crippen LogP contribution in [0.5, 0.6) is 5.75 Å². The van der Waals surface area contributed by atoms with Gasteiger partial charge in [-0.3, -0.25) is 0 Å². The van der Waals surface area contributed by atoms with Gasteiger partial charge in [-0.15, -0.1) is 0 Å². The van der Waals surface area contributed by atoms with E-state index in [9.17, 15) is 5.26 Å². The molecule has 0 unspecified atom stereocenters. The fraction of sp³-hybridized carbons (Fsp3) is 0.346. The lowest BCUT2D eigenvalue weighted by atomic mass is 9.97. The van der Waals surface area contributed by atoms with Crippen LogP contribution >= 0.6 is 0 Å². The summed E-state index contributed by atoms with van der Waals surface area (Å²) >= 11 is 0. The van der Waals surface area contributed by atoms with Crippen LogP contribution in [-0.2, 0) is 5.41 Å². The van der Waals surface area contributed by atoms with E-state index in [0.29, 0.717) is 11.8 Å². The Morgan fingerprint density at radius 3 is 2.53 bits per heavy atom. The maximum absolute atomic E-state index is 9.49. The van der Waals surface area contributed by atoms with Gasteiger partial charge in [0.2, 0.25) is 5.95 Å². The van der Waals surface area contributed by atoms with E-state index >= 15 is 0 Å². The van der Waals surface area contributed by atoms with Crippen LogP contribution < -0.4 is 20.3 Å². The van der Waals surface area contributed by atoms with Crippen LogP contribution in [0.2, 0.25) is 0 Å². The smallest absolute Gasteiger partial charge is 0.229 e. The number of benzene rings is 2. The van der Waals surface area contributed by atoms with Crippen molar-refractivity contribution in [1.82, 2.24) is 14.9 Å². The number of methoxy groups -OCH3 is 1. The minimum absolute atomic E-state index is 0.314. The first kappa shape index (κ1) is 22.0. The highest BCUT2D eigenvalue weighted by Crippen LogP contribution is 2.48. The Labute approximate surface area is 200 Å². The topological polar surface area (TPSA) is 89.3 Å². The molecule has 0 spiro atoms. The fourth-order valence-electron chi connectivity index (χ4n) is 4.31. The van der Waals surface area contributed by atoms with Crippen LogP contribution in [0.3, 0.4) is 0 Å². The summed E-state index contributed by atoms with van der Waals surface area (Å²) in [7, 11) is 3.85. The molecular weight excluding hydrogens is 426 g/mol. The lowest BCUT2D eigenvalue weighted by Gasteiger charge is -2.34. The van der Waals surface area contributed by atoms with Gasteiger partial charge in [0.1, 0.15) is 11.6 Å². The van der Waals surface area contributed by atoms with Gasteiger partial charge >= 0.3 is 0 Å². The molecule has 2 aromatic carbocycles. The lowest BCUT2D eigenvalue weighted by molar-refractivity contribution is 0.311. The van der Waals surface area contributed by atoms with E-state index in [0.717, 1.165) is 67.4 Å². The molecule has 3 aromatic rings. The van der Waals surface area contributed by atoms with Gasteiger partial charge in [0.15, 0.2) is 0 Å². The van der Waals surface area contributed by atoms with Crippen molar-refractivity contribution in [3.8, 4) is 11.8 Å². The Morgan fingerprint density at radius 1 is 1.00 bits per heavy atom. The zero-order valence-electron chi connectivity index (χ0n) is 19.6. The number of nitrogens with zero attached hydrogens (tertiary/aromatic N) is 5. The number of ether oxygens (including phenoxy) is 1. The Bertz CT molecular complexity index is 1210. The average molecular weight is 456 g/mol. The van der Waals surface area contributed by atoms with Crippen LogP contribution in [-0.4, -0.2) is 55.2 Å². The van der Waals surface area contributed by atoms with E-state index in [2.05, 4.69) is 49.6 Å². The quantitative estimate of drug-likeness (QED) is 0.546. The third kappa shape index (κ3) is 4.61. The molecule has 174 valence electrons. The molecule has 1 aromatic heterocycles. The monoisotopic (exact) mass is 455 g/mol. The Morgan fingerprint density at radius 2 is 1.79 bits per heavy atom. The number of hydrogen-bond donors (Lipinski definition) is 2. The SMILES string of the molecule is COc1cc(Nc2nccc(Nc3cccc(C4(C#N)CC4)c3)n2)ccc1N1CCN(C)CC1. The Balaban J connectivity index is 1.30. The molecular formula is C26H29N7O. The zero-order chi connectivity index (χ0) is 23.5. The van der Waals surface area contributed by atoms with Gasteiger partial charge in [0.25, 0.3) is 0 Å². The van der Waals surface area contributed by atoms with Gasteiger partial charge in [-0.2, -0.15) is 10.2 Å². The molecule has 2 heterocycles. The predicted octanol–water partition coefficient (Wildman–Crippen LogP) is 4.28. The average Bonchev–Trinajstić information content (AvgIpc) is 3.67. The number of hydrogen-bond acceptors (Lipinski definition) is 8. The van der Waals surface area contributed by atoms with E-state index in [4.69, 9.17) is 4.74 Å². The maximum atomic E-state index is 9.49. The van der Waals surface area contributed by atoms with Gasteiger partial charge < -0.3 is 25.2 Å². The molecule has 2 fully saturated rings. The summed E-state index contributed by atoms with van der Waals surface area (Å²) in [5.41, 5.74) is 3.61. The molecule has 0 atom stereocenters. The lowest BCUT2D eigenvalue weighted by Crippen LogP contribution is -2.44. The van der Waals surface area contributed by atoms with Crippen LogP contribution in [0, 0.1) is 11.3 Å². The van der Waals surface area contributed by atoms with Crippen LogP contribution in [0.4, 0.5) is 28.8 Å². The van der Waals surface area contributed by atoms with Crippen molar-refractivity contribution < 1.29 is 4.74 Å². The van der Waals surface area contributed by atoms with Gasteiger partial charge in [0.05, 0.1) is 24.3 Å². The molecule has 2 aliphatic rings. The molecule has 8 heteroatoms. The van der Waals surface area contributed by atoms with Gasteiger partial charge in [0, 0.05) is 49.8 Å². The summed E-state index contributed by atoms with van der Waals surface area (Å²) in [6.07, 6.45) is 3.56. The highest BCUT2D eigenvalue weighted by Gasteiger charge is 2.44. The normalized spacial score (nSPS) is 17.0. The second-order valence-corrected chi connectivity index (χ2v) is 8.97. The standard InChI is InChI=1S/C26H29N7O/c1-32-12-14-33(15-13-32)22-7-6-21(17-23(22)34-2)30-25-28-11-8-24(31-25)29-20-5-3-4-19(16-20)26(18-27)9-10-26/h3-8,11,16-17H,9-10,12-15H2,1-2H3,(H2,28,29,30,31). The first-order valence-electron chi connectivity index (χ1n) is 11.6. The van der Waals surface area contributed by atoms with Gasteiger partial charge in [-0.1, -0.05) is 12.1 Å². The van der Waals surface area contributed by atoms with Crippen LogP contribution in [0.15, 0.2) is 54.7 Å². The number of nitriles is 1. The molecule has 0 amide bonds. The molecule has 1 aliphatic carbocycles. The Hall–Kier alpha value is -3.83. The summed E-state index contributed by atoms with van der Waals surface area (Å²) < 4.78 is 5.69. The van der Waals surface area contributed by atoms with Crippen molar-refractivity contribution in [3.05, 3.63) is 60.3 Å². The number of rotatable bonds is 7. The van der Waals surface area contributed by atoms with Gasteiger partial charge in [-0.25, -0.2) is 4.98 Å². The van der Waals surface area contributed by atoms with Crippen molar-refractivity contribution in [2.24, 2.45) is 0 Å². The third-order valence-corrected chi connectivity index (χ3v) is 6.59. The molecule has 34 heavy (non-hydrogen) atoms. The molecule has 0 bridgehead atoms. The van der Waals surface area contributed by atoms with E-state index < -0.39 is 0 Å². The highest BCUT2D eigenvalue weighted by molar-refractivity contribution is 5.68. The summed E-state index contributed by atoms with van der Waals surface area (Å²) in [4.78, 5) is 13.7. The predicted molar refractivity (Wildman–Crippen MR) is 134 cm³/mol. The zero-order valence-corrected chi connectivity index (χ0v) is 19.6. The van der Waals surface area contributed by atoms with Crippen molar-refractivity contribution in [2.45, 2.75) is 18.3 Å². The maximum Gasteiger partial charge on any atom is 0.229 e. The molecule has 5 rings (SSSR count). The van der Waals surface area contributed by atoms with E-state index in [1.165, 1.54) is 0 Å². The van der Waals surface area contributed by atoms with Crippen molar-refractivity contribution in [1.29, 1.82) is 5.26 Å². The number of piperazine rings is 1. The molecule has 8 nitrogen and oxygen atoms in total. The van der Waals surface area contributed by atoms with Gasteiger partial charge in [-0.05, 0) is 55.8 Å². The number of anilines is 5. The summed E-state index contributed by atoms with van der Waals surface area (Å²) in [5.74, 6) is 2.00. The molecule has 0 radical (unpaired) electrons. The first-order chi connectivity index (χ1) is 16.6. The largest absolute Gasteiger partial charge is 0.495 e. The molecule has 1 aliphatic heterocycles. The summed E-state index contributed by atoms with van der Waals surface area (Å²) in [6, 6.07) is 18.4. The second-order valence-electron chi connectivity index (χ2n) is 8.97. The highest BCUT2D eigenvalue weighted by atomic mass is 16.5. The van der Waals surface area contributed by atoms with Crippen LogP contribution in [0.25, 0.3) is 0 Å². The molecule has 1 saturated carbocycles. The number of nitrogens with one attached hydrogen (secondary N) is 2. The van der Waals surface area contributed by atoms with E-state index in [1.54, 1.807) is 13.3 Å². The summed E-state index contributed by atoms with van der Waals surface area (Å²) in [5, 5.41) is 16.1. The third-order valence-electron chi connectivity index (χ3n) is 6.59. The number of aromatic nitrogens is 2. The Kier molecular flexibility index (Phi) is 5.95. The van der Waals surface area contributed by atoms with Crippen molar-refractivity contribution in [2.75, 3.05) is 55.9 Å². The molecule has 2 N–H and O–H groups in total. The second kappa shape index (κ2) is 9.20. The number of likely N-dealkylation sites (N-methyl/N-ethyl adjacent to an activating group) is 1. The van der Waals surface area contributed by atoms with Crippen molar-refractivity contribution >= 4 is 28.8 Å².